The van der Waals surface area contributed by atoms with E-state index in [4.69, 9.17) is 11.5 Å². The van der Waals surface area contributed by atoms with Crippen molar-refractivity contribution in [2.45, 2.75) is 12.5 Å². The van der Waals surface area contributed by atoms with Crippen molar-refractivity contribution in [3.63, 3.8) is 0 Å². The summed E-state index contributed by atoms with van der Waals surface area (Å²) in [6.45, 7) is 0. The summed E-state index contributed by atoms with van der Waals surface area (Å²) in [5.74, 6) is -0.938. The largest absolute Gasteiger partial charge is 0.480 e. The van der Waals surface area contributed by atoms with Crippen molar-refractivity contribution in [2.75, 3.05) is 0 Å². The fraction of sp³-hybridized carbons (Fsp3) is 0.182. The summed E-state index contributed by atoms with van der Waals surface area (Å²) in [5, 5.41) is 11.3. The zero-order chi connectivity index (χ0) is 10.4. The number of hydrogen-bond acceptors (Lipinski definition) is 2. The Morgan fingerprint density at radius 1 is 1.50 bits per heavy atom. The van der Waals surface area contributed by atoms with Crippen molar-refractivity contribution >= 4 is 5.97 Å². The lowest BCUT2D eigenvalue weighted by Gasteiger charge is -2.10. The Morgan fingerprint density at radius 2 is 2.14 bits per heavy atom. The third kappa shape index (κ3) is 2.83. The van der Waals surface area contributed by atoms with Crippen LogP contribution in [0.2, 0.25) is 0 Å². The van der Waals surface area contributed by atoms with Crippen LogP contribution in [0.15, 0.2) is 30.3 Å². The number of carboxylic acids is 1. The maximum atomic E-state index is 10.7. The monoisotopic (exact) mass is 189 g/mol. The lowest BCUT2D eigenvalue weighted by Crippen LogP contribution is -2.35. The van der Waals surface area contributed by atoms with Crippen molar-refractivity contribution in [1.82, 2.24) is 5.32 Å². The zero-order valence-corrected chi connectivity index (χ0v) is 7.60. The lowest BCUT2D eigenvalue weighted by molar-refractivity contribution is -0.139. The molecular weight excluding hydrogens is 178 g/mol. The van der Waals surface area contributed by atoms with E-state index in [-0.39, 0.29) is 0 Å². The first kappa shape index (κ1) is 10.1. The van der Waals surface area contributed by atoms with Crippen molar-refractivity contribution in [3.8, 4) is 12.5 Å². The van der Waals surface area contributed by atoms with Crippen LogP contribution in [0.3, 0.4) is 0 Å². The molecule has 2 N–H and O–H groups in total. The maximum absolute atomic E-state index is 10.7. The molecule has 1 aromatic carbocycles. The van der Waals surface area contributed by atoms with E-state index in [1.807, 2.05) is 30.3 Å². The molecule has 1 aromatic rings. The first-order valence-electron chi connectivity index (χ1n) is 4.22. The minimum atomic E-state index is -0.938. The van der Waals surface area contributed by atoms with Gasteiger partial charge in [-0.05, 0) is 5.56 Å². The summed E-state index contributed by atoms with van der Waals surface area (Å²) < 4.78 is 0. The van der Waals surface area contributed by atoms with Crippen LogP contribution >= 0.6 is 0 Å². The molecule has 1 rings (SSSR count). The molecule has 1 atom stereocenters. The van der Waals surface area contributed by atoms with Crippen molar-refractivity contribution < 1.29 is 9.90 Å². The summed E-state index contributed by atoms with van der Waals surface area (Å²) in [7, 11) is 0. The van der Waals surface area contributed by atoms with Gasteiger partial charge >= 0.3 is 5.97 Å². The number of terminal acetylenes is 1. The van der Waals surface area contributed by atoms with Gasteiger partial charge in [-0.2, -0.15) is 0 Å². The second-order valence-corrected chi connectivity index (χ2v) is 2.87. The Kier molecular flexibility index (Phi) is 3.57. The Hall–Kier alpha value is -1.95. The van der Waals surface area contributed by atoms with Gasteiger partial charge in [0.1, 0.15) is 6.04 Å². The van der Waals surface area contributed by atoms with E-state index in [1.165, 1.54) is 0 Å². The molecule has 3 heteroatoms. The summed E-state index contributed by atoms with van der Waals surface area (Å²) in [6, 6.07) is 10.8. The van der Waals surface area contributed by atoms with Crippen LogP contribution in [0.25, 0.3) is 0 Å². The molecule has 0 bridgehead atoms. The minimum absolute atomic E-state index is 0.389. The van der Waals surface area contributed by atoms with Gasteiger partial charge in [0.15, 0.2) is 0 Å². The second-order valence-electron chi connectivity index (χ2n) is 2.87. The fourth-order valence-corrected chi connectivity index (χ4v) is 1.15. The number of hydrogen-bond donors (Lipinski definition) is 2. The number of rotatable bonds is 4. The number of carbonyl (C=O) groups is 1. The van der Waals surface area contributed by atoms with Crippen LogP contribution in [0.1, 0.15) is 5.56 Å². The van der Waals surface area contributed by atoms with Gasteiger partial charge < -0.3 is 10.4 Å². The van der Waals surface area contributed by atoms with Gasteiger partial charge in [0.05, 0.1) is 0 Å². The molecule has 3 nitrogen and oxygen atoms in total. The molecule has 0 fully saturated rings. The summed E-state index contributed by atoms with van der Waals surface area (Å²) in [4.78, 5) is 10.7. The highest BCUT2D eigenvalue weighted by Gasteiger charge is 2.15. The third-order valence-electron chi connectivity index (χ3n) is 1.84. The average Bonchev–Trinajstić information content (AvgIpc) is 2.18. The van der Waals surface area contributed by atoms with Gasteiger partial charge in [0, 0.05) is 12.5 Å². The van der Waals surface area contributed by atoms with Crippen molar-refractivity contribution in [3.05, 3.63) is 35.9 Å². The quantitative estimate of drug-likeness (QED) is 0.545. The average molecular weight is 189 g/mol. The van der Waals surface area contributed by atoms with Crippen LogP contribution in [0, 0.1) is 12.5 Å². The molecule has 72 valence electrons. The van der Waals surface area contributed by atoms with Crippen LogP contribution in [0.4, 0.5) is 0 Å². The molecule has 0 aliphatic carbocycles. The molecular formula is C11H11NO2. The van der Waals surface area contributed by atoms with E-state index in [0.29, 0.717) is 6.42 Å². The molecule has 0 aromatic heterocycles. The highest BCUT2D eigenvalue weighted by Crippen LogP contribution is 2.02. The van der Waals surface area contributed by atoms with Crippen molar-refractivity contribution in [1.29, 1.82) is 0 Å². The molecule has 0 spiro atoms. The molecule has 0 saturated carbocycles. The highest BCUT2D eigenvalue weighted by atomic mass is 16.4. The van der Waals surface area contributed by atoms with E-state index in [0.717, 1.165) is 5.56 Å². The van der Waals surface area contributed by atoms with E-state index in [1.54, 1.807) is 0 Å². The summed E-state index contributed by atoms with van der Waals surface area (Å²) in [5.41, 5.74) is 0.947. The van der Waals surface area contributed by atoms with Crippen LogP contribution in [0.5, 0.6) is 0 Å². The number of aliphatic carboxylic acids is 1. The molecule has 14 heavy (non-hydrogen) atoms. The third-order valence-corrected chi connectivity index (χ3v) is 1.84. The van der Waals surface area contributed by atoms with E-state index < -0.39 is 12.0 Å². The van der Waals surface area contributed by atoms with Crippen molar-refractivity contribution in [2.24, 2.45) is 0 Å². The summed E-state index contributed by atoms with van der Waals surface area (Å²) >= 11 is 0. The van der Waals surface area contributed by atoms with Gasteiger partial charge in [-0.15, -0.1) is 0 Å². The Bertz CT molecular complexity index is 340. The van der Waals surface area contributed by atoms with Crippen LogP contribution in [-0.4, -0.2) is 17.1 Å². The van der Waals surface area contributed by atoms with Gasteiger partial charge in [0.25, 0.3) is 0 Å². The zero-order valence-electron chi connectivity index (χ0n) is 7.60. The topological polar surface area (TPSA) is 49.3 Å². The van der Waals surface area contributed by atoms with E-state index >= 15 is 0 Å². The first-order valence-corrected chi connectivity index (χ1v) is 4.22. The predicted molar refractivity (Wildman–Crippen MR) is 53.5 cm³/mol. The van der Waals surface area contributed by atoms with E-state index in [2.05, 4.69) is 11.4 Å². The molecule has 0 aliphatic rings. The molecule has 0 amide bonds. The standard InChI is InChI=1S/C11H11NO2/c1-2-12-10(11(13)14)8-9-6-4-3-5-7-9/h1,3-7,10,12H,8H2,(H,13,14). The number of benzene rings is 1. The Labute approximate surface area is 82.8 Å². The Balaban J connectivity index is 2.66. The van der Waals surface area contributed by atoms with Gasteiger partial charge in [-0.1, -0.05) is 36.8 Å². The van der Waals surface area contributed by atoms with Gasteiger partial charge in [-0.25, -0.2) is 4.79 Å². The smallest absolute Gasteiger partial charge is 0.327 e. The first-order chi connectivity index (χ1) is 6.74. The Morgan fingerprint density at radius 3 is 2.64 bits per heavy atom. The summed E-state index contributed by atoms with van der Waals surface area (Å²) in [6.07, 6.45) is 5.39. The molecule has 0 heterocycles. The predicted octanol–water partition coefficient (Wildman–Crippen LogP) is 0.863. The molecule has 0 saturated heterocycles. The highest BCUT2D eigenvalue weighted by molar-refractivity contribution is 5.74. The minimum Gasteiger partial charge on any atom is -0.480 e. The van der Waals surface area contributed by atoms with Gasteiger partial charge in [-0.3, -0.25) is 0 Å². The fourth-order valence-electron chi connectivity index (χ4n) is 1.15. The second kappa shape index (κ2) is 4.93. The van der Waals surface area contributed by atoms with E-state index in [9.17, 15) is 4.79 Å². The number of nitrogens with one attached hydrogen (secondary N) is 1. The normalized spacial score (nSPS) is 11.4. The van der Waals surface area contributed by atoms with Crippen LogP contribution in [-0.2, 0) is 11.2 Å². The number of carboxylic acid groups (broad SMARTS) is 1. The maximum Gasteiger partial charge on any atom is 0.327 e. The van der Waals surface area contributed by atoms with Gasteiger partial charge in [0.2, 0.25) is 0 Å². The van der Waals surface area contributed by atoms with Crippen LogP contribution < -0.4 is 5.32 Å². The molecule has 0 radical (unpaired) electrons. The molecule has 1 unspecified atom stereocenters. The SMILES string of the molecule is C#CNC(Cc1ccccc1)C(=O)O. The molecule has 0 aliphatic heterocycles. The lowest BCUT2D eigenvalue weighted by atomic mass is 10.1.